The van der Waals surface area contributed by atoms with Crippen LogP contribution in [0.15, 0.2) is 41.3 Å². The van der Waals surface area contributed by atoms with Gasteiger partial charge in [0.25, 0.3) is 0 Å². The highest BCUT2D eigenvalue weighted by atomic mass is 35.5. The van der Waals surface area contributed by atoms with Gasteiger partial charge in [0, 0.05) is 17.3 Å². The van der Waals surface area contributed by atoms with E-state index in [2.05, 4.69) is 4.98 Å². The van der Waals surface area contributed by atoms with Crippen molar-refractivity contribution in [1.82, 2.24) is 4.98 Å². The highest BCUT2D eigenvalue weighted by Crippen LogP contribution is 2.15. The van der Waals surface area contributed by atoms with Crippen LogP contribution in [0.3, 0.4) is 0 Å². The summed E-state index contributed by atoms with van der Waals surface area (Å²) in [6.45, 7) is 2.45. The third-order valence-corrected chi connectivity index (χ3v) is 2.76. The van der Waals surface area contributed by atoms with Crippen molar-refractivity contribution in [3.8, 4) is 11.5 Å². The molecule has 0 fully saturated rings. The molecule has 4 nitrogen and oxygen atoms in total. The second kappa shape index (κ2) is 6.29. The second-order valence-corrected chi connectivity index (χ2v) is 4.38. The molecular weight excluding hydrogens is 266 g/mol. The van der Waals surface area contributed by atoms with E-state index in [1.807, 2.05) is 0 Å². The van der Waals surface area contributed by atoms with E-state index in [1.165, 1.54) is 6.07 Å². The minimum atomic E-state index is -0.136. The maximum absolute atomic E-state index is 11.5. The van der Waals surface area contributed by atoms with Crippen molar-refractivity contribution < 1.29 is 9.47 Å². The van der Waals surface area contributed by atoms with E-state index in [4.69, 9.17) is 21.1 Å². The normalized spacial score (nSPS) is 10.2. The van der Waals surface area contributed by atoms with Crippen LogP contribution in [0.5, 0.6) is 11.5 Å². The van der Waals surface area contributed by atoms with Crippen LogP contribution in [0.25, 0.3) is 0 Å². The molecular formula is C14H14ClNO3. The molecule has 0 radical (unpaired) electrons. The molecule has 0 amide bonds. The monoisotopic (exact) mass is 279 g/mol. The smallest absolute Gasteiger partial charge is 0.223 e. The van der Waals surface area contributed by atoms with Gasteiger partial charge in [-0.05, 0) is 31.2 Å². The lowest BCUT2D eigenvalue weighted by atomic mass is 10.3. The van der Waals surface area contributed by atoms with E-state index < -0.39 is 0 Å². The number of nitrogens with one attached hydrogen (secondary N) is 1. The first-order valence-electron chi connectivity index (χ1n) is 5.86. The summed E-state index contributed by atoms with van der Waals surface area (Å²) in [5.41, 5.74) is 0.571. The van der Waals surface area contributed by atoms with Crippen LogP contribution in [0.4, 0.5) is 0 Å². The summed E-state index contributed by atoms with van der Waals surface area (Å²) in [4.78, 5) is 14.5. The van der Waals surface area contributed by atoms with Crippen LogP contribution in [0.2, 0.25) is 5.02 Å². The van der Waals surface area contributed by atoms with Gasteiger partial charge in [0.2, 0.25) is 5.43 Å². The number of halogens is 1. The molecule has 1 N–H and O–H groups in total. The van der Waals surface area contributed by atoms with Gasteiger partial charge in [-0.3, -0.25) is 4.79 Å². The van der Waals surface area contributed by atoms with E-state index >= 15 is 0 Å². The van der Waals surface area contributed by atoms with Gasteiger partial charge in [-0.1, -0.05) is 11.6 Å². The van der Waals surface area contributed by atoms with Crippen LogP contribution in [0.1, 0.15) is 5.69 Å². The zero-order chi connectivity index (χ0) is 13.7. The van der Waals surface area contributed by atoms with E-state index in [-0.39, 0.29) is 5.43 Å². The number of ether oxygens (including phenoxy) is 2. The first-order valence-corrected chi connectivity index (χ1v) is 6.24. The largest absolute Gasteiger partial charge is 0.490 e. The van der Waals surface area contributed by atoms with Crippen LogP contribution < -0.4 is 14.9 Å². The van der Waals surface area contributed by atoms with E-state index in [0.717, 1.165) is 0 Å². The Kier molecular flexibility index (Phi) is 4.47. The molecule has 1 aromatic carbocycles. The molecule has 0 atom stereocenters. The molecule has 0 aliphatic carbocycles. The Hall–Kier alpha value is -1.94. The van der Waals surface area contributed by atoms with Crippen LogP contribution in [-0.2, 0) is 0 Å². The predicted molar refractivity (Wildman–Crippen MR) is 74.2 cm³/mol. The van der Waals surface area contributed by atoms with Gasteiger partial charge in [-0.15, -0.1) is 0 Å². The number of rotatable bonds is 5. The predicted octanol–water partition coefficient (Wildman–Crippen LogP) is 2.79. The second-order valence-electron chi connectivity index (χ2n) is 3.95. The van der Waals surface area contributed by atoms with Gasteiger partial charge in [0.15, 0.2) is 5.75 Å². The van der Waals surface area contributed by atoms with Gasteiger partial charge in [-0.2, -0.15) is 0 Å². The highest BCUT2D eigenvalue weighted by Gasteiger charge is 2.04. The number of aromatic amines is 1. The van der Waals surface area contributed by atoms with E-state index in [1.54, 1.807) is 37.4 Å². The molecule has 0 bridgehead atoms. The third-order valence-electron chi connectivity index (χ3n) is 2.51. The Balaban J connectivity index is 1.84. The first-order chi connectivity index (χ1) is 9.16. The van der Waals surface area contributed by atoms with Crippen molar-refractivity contribution in [2.45, 2.75) is 6.92 Å². The molecule has 0 aliphatic rings. The Labute approximate surface area is 115 Å². The molecule has 19 heavy (non-hydrogen) atoms. The topological polar surface area (TPSA) is 51.3 Å². The number of pyridine rings is 1. The molecule has 0 aliphatic heterocycles. The molecule has 0 unspecified atom stereocenters. The van der Waals surface area contributed by atoms with Crippen molar-refractivity contribution in [3.63, 3.8) is 0 Å². The lowest BCUT2D eigenvalue weighted by Gasteiger charge is -2.09. The molecule has 0 spiro atoms. The minimum Gasteiger partial charge on any atom is -0.490 e. The molecule has 0 saturated carbocycles. The molecule has 2 aromatic rings. The van der Waals surface area contributed by atoms with Crippen molar-refractivity contribution >= 4 is 11.6 Å². The van der Waals surface area contributed by atoms with Crippen LogP contribution in [-0.4, -0.2) is 18.2 Å². The third kappa shape index (κ3) is 3.76. The number of aryl methyl sites for hydroxylation is 1. The number of hydrogen-bond acceptors (Lipinski definition) is 3. The minimum absolute atomic E-state index is 0.136. The molecule has 100 valence electrons. The zero-order valence-corrected chi connectivity index (χ0v) is 11.2. The van der Waals surface area contributed by atoms with Crippen molar-refractivity contribution in [2.24, 2.45) is 0 Å². The average Bonchev–Trinajstić information content (AvgIpc) is 2.39. The summed E-state index contributed by atoms with van der Waals surface area (Å²) in [6.07, 6.45) is 1.59. The van der Waals surface area contributed by atoms with Crippen molar-refractivity contribution in [2.75, 3.05) is 13.2 Å². The summed E-state index contributed by atoms with van der Waals surface area (Å²) in [5, 5.41) is 0.662. The Morgan fingerprint density at radius 2 is 1.79 bits per heavy atom. The van der Waals surface area contributed by atoms with Gasteiger partial charge in [0.1, 0.15) is 19.0 Å². The lowest BCUT2D eigenvalue weighted by Crippen LogP contribution is -2.15. The molecule has 1 aromatic heterocycles. The number of hydrogen-bond donors (Lipinski definition) is 1. The van der Waals surface area contributed by atoms with Crippen LogP contribution in [0, 0.1) is 6.92 Å². The van der Waals surface area contributed by atoms with Gasteiger partial charge < -0.3 is 14.5 Å². The summed E-state index contributed by atoms with van der Waals surface area (Å²) >= 11 is 5.77. The Morgan fingerprint density at radius 3 is 2.47 bits per heavy atom. The summed E-state index contributed by atoms with van der Waals surface area (Å²) in [7, 11) is 0. The fourth-order valence-corrected chi connectivity index (χ4v) is 1.71. The quantitative estimate of drug-likeness (QED) is 0.856. The van der Waals surface area contributed by atoms with Crippen molar-refractivity contribution in [1.29, 1.82) is 0 Å². The van der Waals surface area contributed by atoms with Gasteiger partial charge in [-0.25, -0.2) is 0 Å². The van der Waals surface area contributed by atoms with Crippen LogP contribution >= 0.6 is 11.6 Å². The molecule has 1 heterocycles. The lowest BCUT2D eigenvalue weighted by molar-refractivity contribution is 0.214. The maximum atomic E-state index is 11.5. The SMILES string of the molecule is Cc1[nH]ccc(=O)c1OCCOc1ccc(Cl)cc1. The van der Waals surface area contributed by atoms with Gasteiger partial charge >= 0.3 is 0 Å². The van der Waals surface area contributed by atoms with E-state index in [9.17, 15) is 4.79 Å². The number of aromatic nitrogens is 1. The summed E-state index contributed by atoms with van der Waals surface area (Å²) in [6, 6.07) is 8.50. The first kappa shape index (κ1) is 13.5. The van der Waals surface area contributed by atoms with Gasteiger partial charge in [0.05, 0.1) is 5.69 Å². The Bertz CT molecular complexity index is 592. The highest BCUT2D eigenvalue weighted by molar-refractivity contribution is 6.30. The number of H-pyrrole nitrogens is 1. The Morgan fingerprint density at radius 1 is 1.11 bits per heavy atom. The maximum Gasteiger partial charge on any atom is 0.223 e. The number of benzene rings is 1. The summed E-state index contributed by atoms with van der Waals surface area (Å²) < 4.78 is 10.9. The zero-order valence-electron chi connectivity index (χ0n) is 10.5. The molecule has 0 saturated heterocycles. The average molecular weight is 280 g/mol. The fourth-order valence-electron chi connectivity index (χ4n) is 1.58. The fraction of sp³-hybridized carbons (Fsp3) is 0.214. The molecule has 5 heteroatoms. The van der Waals surface area contributed by atoms with E-state index in [0.29, 0.717) is 35.4 Å². The standard InChI is InChI=1S/C14H14ClNO3/c1-10-14(13(17)6-7-16-10)19-9-8-18-12-4-2-11(15)3-5-12/h2-7H,8-9H2,1H3,(H,16,17). The molecule has 2 rings (SSSR count). The summed E-state index contributed by atoms with van der Waals surface area (Å²) in [5.74, 6) is 1.05. The van der Waals surface area contributed by atoms with Crippen molar-refractivity contribution in [3.05, 3.63) is 57.5 Å².